The van der Waals surface area contributed by atoms with Crippen molar-refractivity contribution in [2.75, 3.05) is 0 Å². The van der Waals surface area contributed by atoms with Crippen molar-refractivity contribution in [3.63, 3.8) is 0 Å². The van der Waals surface area contributed by atoms with E-state index < -0.39 is 8.07 Å². The Hall–Kier alpha value is -0.346. The van der Waals surface area contributed by atoms with Gasteiger partial charge in [0.1, 0.15) is 0 Å². The van der Waals surface area contributed by atoms with Crippen LogP contribution in [0.3, 0.4) is 0 Å². The molecule has 0 unspecified atom stereocenters. The molecule has 0 saturated carbocycles. The Morgan fingerprint density at radius 2 is 1.38 bits per heavy atom. The van der Waals surface area contributed by atoms with Gasteiger partial charge < -0.3 is 0 Å². The third kappa shape index (κ3) is 2.81. The molecule has 71 valence electrons. The third-order valence-corrected chi connectivity index (χ3v) is 5.88. The smallest absolute Gasteiger partial charge is 0.0671 e. The number of hydrogen-bond donors (Lipinski definition) is 0. The van der Waals surface area contributed by atoms with Crippen LogP contribution < -0.4 is 10.4 Å². The summed E-state index contributed by atoms with van der Waals surface area (Å²) in [6, 6.07) is 9.31. The summed E-state index contributed by atoms with van der Waals surface area (Å²) in [5, 5.41) is 3.12. The van der Waals surface area contributed by atoms with Crippen LogP contribution in [0.4, 0.5) is 0 Å². The second-order valence-corrected chi connectivity index (χ2v) is 12.5. The van der Waals surface area contributed by atoms with E-state index in [0.29, 0.717) is 0 Å². The minimum atomic E-state index is -1.08. The van der Waals surface area contributed by atoms with Crippen LogP contribution in [0.5, 0.6) is 0 Å². The van der Waals surface area contributed by atoms with Gasteiger partial charge in [-0.15, -0.1) is 0 Å². The summed E-state index contributed by atoms with van der Waals surface area (Å²) in [6.45, 7) is 11.9. The molecule has 0 aliphatic rings. The molecule has 0 amide bonds. The van der Waals surface area contributed by atoms with Gasteiger partial charge in [-0.1, -0.05) is 67.4 Å². The molecule has 1 rings (SSSR count). The van der Waals surface area contributed by atoms with Crippen LogP contribution in [-0.2, 0) is 0 Å². The van der Waals surface area contributed by atoms with E-state index in [4.69, 9.17) is 0 Å². The van der Waals surface area contributed by atoms with E-state index in [2.05, 4.69) is 57.0 Å². The van der Waals surface area contributed by atoms with Crippen molar-refractivity contribution in [3.05, 3.63) is 24.3 Å². The van der Waals surface area contributed by atoms with Gasteiger partial charge in [0, 0.05) is 0 Å². The summed E-state index contributed by atoms with van der Waals surface area (Å²) >= 11 is 0. The van der Waals surface area contributed by atoms with E-state index in [1.54, 1.807) is 10.4 Å². The van der Waals surface area contributed by atoms with E-state index in [-0.39, 0.29) is 8.80 Å². The Kier molecular flexibility index (Phi) is 3.14. The molecule has 0 atom stereocenters. The van der Waals surface area contributed by atoms with Crippen LogP contribution in [0.1, 0.15) is 0 Å². The highest BCUT2D eigenvalue weighted by atomic mass is 28.3. The lowest BCUT2D eigenvalue weighted by Crippen LogP contribution is -2.38. The van der Waals surface area contributed by atoms with Crippen LogP contribution >= 0.6 is 0 Å². The van der Waals surface area contributed by atoms with Crippen LogP contribution in [0.25, 0.3) is 0 Å². The van der Waals surface area contributed by atoms with E-state index in [9.17, 15) is 0 Å². The molecule has 0 aliphatic heterocycles. The van der Waals surface area contributed by atoms with Gasteiger partial charge in [-0.25, -0.2) is 0 Å². The number of benzene rings is 1. The normalized spacial score (nSPS) is 12.2. The standard InChI is InChI=1S/C11H19Si2/c1-12(2)10-6-8-11(9-7-10)13(3,4)5/h6-9H,1-5H3. The topological polar surface area (TPSA) is 0 Å². The van der Waals surface area contributed by atoms with E-state index in [1.165, 1.54) is 0 Å². The first-order valence-electron chi connectivity index (χ1n) is 4.82. The van der Waals surface area contributed by atoms with Crippen molar-refractivity contribution in [1.82, 2.24) is 0 Å². The highest BCUT2D eigenvalue weighted by molar-refractivity contribution is 6.88. The predicted octanol–water partition coefficient (Wildman–Crippen LogP) is 2.19. The van der Waals surface area contributed by atoms with Gasteiger partial charge >= 0.3 is 0 Å². The molecule has 0 spiro atoms. The van der Waals surface area contributed by atoms with E-state index >= 15 is 0 Å². The van der Waals surface area contributed by atoms with Crippen LogP contribution in [0.2, 0.25) is 32.7 Å². The highest BCUT2D eigenvalue weighted by Gasteiger charge is 2.15. The maximum absolute atomic E-state index is 2.39. The Balaban J connectivity index is 2.94. The molecule has 1 aromatic carbocycles. The number of rotatable bonds is 2. The monoisotopic (exact) mass is 207 g/mol. The summed E-state index contributed by atoms with van der Waals surface area (Å²) < 4.78 is 0. The predicted molar refractivity (Wildman–Crippen MR) is 66.5 cm³/mol. The quantitative estimate of drug-likeness (QED) is 0.652. The first-order valence-corrected chi connectivity index (χ1v) is 10.8. The van der Waals surface area contributed by atoms with Crippen molar-refractivity contribution in [2.24, 2.45) is 0 Å². The van der Waals surface area contributed by atoms with Gasteiger partial charge in [0.15, 0.2) is 0 Å². The lowest BCUT2D eigenvalue weighted by molar-refractivity contribution is 1.69. The van der Waals surface area contributed by atoms with Gasteiger partial charge in [-0.3, -0.25) is 0 Å². The summed E-state index contributed by atoms with van der Waals surface area (Å²) in [5.74, 6) is 0. The minimum Gasteiger partial charge on any atom is -0.0671 e. The fourth-order valence-electron chi connectivity index (χ4n) is 1.30. The molecule has 0 aliphatic carbocycles. The first-order chi connectivity index (χ1) is 5.91. The fraction of sp³-hybridized carbons (Fsp3) is 0.455. The fourth-order valence-corrected chi connectivity index (χ4v) is 3.30. The molecular formula is C11H19Si2. The van der Waals surface area contributed by atoms with E-state index in [0.717, 1.165) is 0 Å². The molecule has 13 heavy (non-hydrogen) atoms. The second-order valence-electron chi connectivity index (χ2n) is 4.83. The van der Waals surface area contributed by atoms with Crippen molar-refractivity contribution < 1.29 is 0 Å². The maximum Gasteiger partial charge on any atom is 0.0791 e. The average molecular weight is 207 g/mol. The molecule has 0 heterocycles. The Morgan fingerprint density at radius 1 is 0.923 bits per heavy atom. The van der Waals surface area contributed by atoms with Crippen LogP contribution in [-0.4, -0.2) is 16.9 Å². The van der Waals surface area contributed by atoms with Crippen LogP contribution in [0, 0.1) is 0 Å². The molecule has 0 nitrogen and oxygen atoms in total. The lowest BCUT2D eigenvalue weighted by Gasteiger charge is -2.17. The summed E-state index contributed by atoms with van der Waals surface area (Å²) in [7, 11) is -1.34. The van der Waals surface area contributed by atoms with Crippen LogP contribution in [0.15, 0.2) is 24.3 Å². The third-order valence-electron chi connectivity index (χ3n) is 2.33. The maximum atomic E-state index is 2.39. The Bertz CT molecular complexity index is 267. The van der Waals surface area contributed by atoms with Crippen molar-refractivity contribution in [2.45, 2.75) is 32.7 Å². The van der Waals surface area contributed by atoms with Gasteiger partial charge in [-0.2, -0.15) is 0 Å². The number of hydrogen-bond acceptors (Lipinski definition) is 0. The zero-order valence-corrected chi connectivity index (χ0v) is 11.3. The van der Waals surface area contributed by atoms with Gasteiger partial charge in [-0.05, 0) is 0 Å². The molecule has 2 heteroatoms. The van der Waals surface area contributed by atoms with E-state index in [1.807, 2.05) is 0 Å². The highest BCUT2D eigenvalue weighted by Crippen LogP contribution is 2.00. The minimum absolute atomic E-state index is 0.258. The van der Waals surface area contributed by atoms with Crippen molar-refractivity contribution >= 4 is 27.2 Å². The summed E-state index contributed by atoms with van der Waals surface area (Å²) in [4.78, 5) is 0. The van der Waals surface area contributed by atoms with Crippen molar-refractivity contribution in [3.8, 4) is 0 Å². The van der Waals surface area contributed by atoms with Gasteiger partial charge in [0.2, 0.25) is 0 Å². The molecule has 0 N–H and O–H groups in total. The van der Waals surface area contributed by atoms with Crippen molar-refractivity contribution in [1.29, 1.82) is 0 Å². The van der Waals surface area contributed by atoms with Gasteiger partial charge in [0.05, 0.1) is 16.9 Å². The zero-order chi connectivity index (χ0) is 10.1. The summed E-state index contributed by atoms with van der Waals surface area (Å²) in [5.41, 5.74) is 0. The Morgan fingerprint density at radius 3 is 1.69 bits per heavy atom. The Labute approximate surface area is 84.6 Å². The molecule has 0 fully saturated rings. The lowest BCUT2D eigenvalue weighted by atomic mass is 10.4. The molecular weight excluding hydrogens is 188 g/mol. The first kappa shape index (κ1) is 10.7. The molecule has 0 bridgehead atoms. The average Bonchev–Trinajstić information content (AvgIpc) is 2.03. The second kappa shape index (κ2) is 3.80. The zero-order valence-electron chi connectivity index (χ0n) is 9.31. The molecule has 1 radical (unpaired) electrons. The SMILES string of the molecule is C[Si](C)c1ccc([Si](C)(C)C)cc1. The molecule has 1 aromatic rings. The largest absolute Gasteiger partial charge is 0.0791 e. The summed E-state index contributed by atoms with van der Waals surface area (Å²) in [6.07, 6.45) is 0. The molecule has 0 saturated heterocycles. The molecule has 0 aromatic heterocycles. The van der Waals surface area contributed by atoms with Gasteiger partial charge in [0.25, 0.3) is 0 Å².